The van der Waals surface area contributed by atoms with Crippen molar-refractivity contribution in [3.63, 3.8) is 0 Å². The van der Waals surface area contributed by atoms with Crippen molar-refractivity contribution in [2.24, 2.45) is 0 Å². The minimum Gasteiger partial charge on any atom is -0.497 e. The molecule has 0 aliphatic heterocycles. The SMILES string of the molecule is COc1ccc(C2(C(=O)N[C@@H](Cc3ccc(NS(=O)(=O)c4c(C)cc(C)cc4C)cc3)C(=O)O)CCCCC2)cc1. The van der Waals surface area contributed by atoms with Crippen LogP contribution in [-0.2, 0) is 31.4 Å². The summed E-state index contributed by atoms with van der Waals surface area (Å²) in [5.74, 6) is -0.726. The first-order chi connectivity index (χ1) is 19.4. The number of hydrogen-bond acceptors (Lipinski definition) is 5. The Hall–Kier alpha value is -3.85. The van der Waals surface area contributed by atoms with Gasteiger partial charge in [-0.05, 0) is 80.1 Å². The lowest BCUT2D eigenvalue weighted by Crippen LogP contribution is -2.52. The fourth-order valence-corrected chi connectivity index (χ4v) is 7.46. The molecule has 41 heavy (non-hydrogen) atoms. The molecule has 0 bridgehead atoms. The number of carboxylic acids is 1. The Morgan fingerprint density at radius 3 is 2.05 bits per heavy atom. The molecule has 1 amide bonds. The number of ether oxygens (including phenoxy) is 1. The van der Waals surface area contributed by atoms with Crippen molar-refractivity contribution in [2.75, 3.05) is 11.8 Å². The average Bonchev–Trinajstić information content (AvgIpc) is 2.93. The number of benzene rings is 3. The number of hydrogen-bond donors (Lipinski definition) is 3. The van der Waals surface area contributed by atoms with Gasteiger partial charge in [0.2, 0.25) is 5.91 Å². The molecule has 1 aliphatic carbocycles. The van der Waals surface area contributed by atoms with Gasteiger partial charge in [-0.25, -0.2) is 13.2 Å². The van der Waals surface area contributed by atoms with E-state index in [1.165, 1.54) is 0 Å². The third-order valence-corrected chi connectivity index (χ3v) is 9.59. The largest absolute Gasteiger partial charge is 0.497 e. The molecule has 0 radical (unpaired) electrons. The summed E-state index contributed by atoms with van der Waals surface area (Å²) in [5, 5.41) is 12.8. The van der Waals surface area contributed by atoms with Crippen molar-refractivity contribution in [1.82, 2.24) is 5.32 Å². The molecular weight excluding hydrogens is 540 g/mol. The van der Waals surface area contributed by atoms with Crippen molar-refractivity contribution in [1.29, 1.82) is 0 Å². The van der Waals surface area contributed by atoms with Gasteiger partial charge in [-0.1, -0.05) is 61.2 Å². The van der Waals surface area contributed by atoms with Crippen LogP contribution in [0.4, 0.5) is 5.69 Å². The summed E-state index contributed by atoms with van der Waals surface area (Å²) in [5.41, 5.74) is 3.40. The molecule has 0 aromatic heterocycles. The van der Waals surface area contributed by atoms with Crippen LogP contribution in [0.2, 0.25) is 0 Å². The summed E-state index contributed by atoms with van der Waals surface area (Å²) in [4.78, 5) is 26.2. The van der Waals surface area contributed by atoms with E-state index in [-0.39, 0.29) is 17.2 Å². The number of carbonyl (C=O) groups excluding carboxylic acids is 1. The summed E-state index contributed by atoms with van der Waals surface area (Å²) in [7, 11) is -2.23. The number of aliphatic carboxylic acids is 1. The van der Waals surface area contributed by atoms with Crippen LogP contribution in [0.1, 0.15) is 59.9 Å². The molecule has 3 aromatic rings. The Morgan fingerprint density at radius 1 is 0.927 bits per heavy atom. The molecule has 218 valence electrons. The highest BCUT2D eigenvalue weighted by atomic mass is 32.2. The summed E-state index contributed by atoms with van der Waals surface area (Å²) < 4.78 is 34.1. The summed E-state index contributed by atoms with van der Waals surface area (Å²) >= 11 is 0. The molecule has 9 heteroatoms. The van der Waals surface area contributed by atoms with E-state index in [1.54, 1.807) is 45.2 Å². The maximum absolute atomic E-state index is 13.7. The zero-order chi connectivity index (χ0) is 29.8. The van der Waals surface area contributed by atoms with Crippen LogP contribution in [0, 0.1) is 20.8 Å². The highest BCUT2D eigenvalue weighted by molar-refractivity contribution is 7.92. The van der Waals surface area contributed by atoms with E-state index in [0.717, 1.165) is 30.4 Å². The Bertz CT molecular complexity index is 1490. The maximum Gasteiger partial charge on any atom is 0.326 e. The van der Waals surface area contributed by atoms with E-state index in [1.807, 2.05) is 43.3 Å². The second kappa shape index (κ2) is 12.3. The van der Waals surface area contributed by atoms with Crippen molar-refractivity contribution in [2.45, 2.75) is 75.6 Å². The van der Waals surface area contributed by atoms with Gasteiger partial charge >= 0.3 is 5.97 Å². The second-order valence-corrected chi connectivity index (χ2v) is 12.6. The number of methoxy groups -OCH3 is 1. The molecule has 0 spiro atoms. The first kappa shape index (κ1) is 30.1. The molecule has 1 fully saturated rings. The summed E-state index contributed by atoms with van der Waals surface area (Å²) in [6.07, 6.45) is 4.15. The van der Waals surface area contributed by atoms with Gasteiger partial charge < -0.3 is 15.2 Å². The normalized spacial score (nSPS) is 15.5. The Morgan fingerprint density at radius 2 is 1.51 bits per heavy atom. The van der Waals surface area contributed by atoms with E-state index >= 15 is 0 Å². The maximum atomic E-state index is 13.7. The molecule has 1 saturated carbocycles. The van der Waals surface area contributed by atoms with Crippen LogP contribution in [0.3, 0.4) is 0 Å². The van der Waals surface area contributed by atoms with Gasteiger partial charge in [0.25, 0.3) is 10.0 Å². The average molecular weight is 579 g/mol. The Kier molecular flexibility index (Phi) is 9.07. The molecule has 0 saturated heterocycles. The van der Waals surface area contributed by atoms with E-state index in [4.69, 9.17) is 4.74 Å². The smallest absolute Gasteiger partial charge is 0.326 e. The lowest BCUT2D eigenvalue weighted by atomic mass is 9.68. The minimum absolute atomic E-state index is 0.0585. The van der Waals surface area contributed by atoms with Crippen LogP contribution in [0.15, 0.2) is 65.6 Å². The Labute approximate surface area is 242 Å². The van der Waals surface area contributed by atoms with Crippen LogP contribution >= 0.6 is 0 Å². The predicted molar refractivity (Wildman–Crippen MR) is 159 cm³/mol. The molecule has 0 unspecified atom stereocenters. The first-order valence-electron chi connectivity index (χ1n) is 13.8. The van der Waals surface area contributed by atoms with Gasteiger partial charge in [0.15, 0.2) is 0 Å². The molecular formula is C32H38N2O6S. The number of anilines is 1. The van der Waals surface area contributed by atoms with Gasteiger partial charge in [0.05, 0.1) is 17.4 Å². The van der Waals surface area contributed by atoms with E-state index < -0.39 is 27.4 Å². The second-order valence-electron chi connectivity index (χ2n) is 11.0. The lowest BCUT2D eigenvalue weighted by Gasteiger charge is -2.37. The molecule has 3 aromatic carbocycles. The highest BCUT2D eigenvalue weighted by Crippen LogP contribution is 2.40. The molecule has 8 nitrogen and oxygen atoms in total. The minimum atomic E-state index is -3.82. The Balaban J connectivity index is 1.50. The first-order valence-corrected chi connectivity index (χ1v) is 15.3. The number of nitrogens with one attached hydrogen (secondary N) is 2. The van der Waals surface area contributed by atoms with Gasteiger partial charge in [-0.15, -0.1) is 0 Å². The number of carboxylic acid groups (broad SMARTS) is 1. The third-order valence-electron chi connectivity index (χ3n) is 7.91. The van der Waals surface area contributed by atoms with Gasteiger partial charge in [-0.2, -0.15) is 0 Å². The number of rotatable bonds is 10. The molecule has 4 rings (SSSR count). The van der Waals surface area contributed by atoms with Crippen molar-refractivity contribution < 1.29 is 27.9 Å². The van der Waals surface area contributed by atoms with Crippen molar-refractivity contribution in [3.05, 3.63) is 88.5 Å². The van der Waals surface area contributed by atoms with Gasteiger partial charge in [0.1, 0.15) is 11.8 Å². The number of aryl methyl sites for hydroxylation is 3. The van der Waals surface area contributed by atoms with Crippen LogP contribution in [0.25, 0.3) is 0 Å². The van der Waals surface area contributed by atoms with Crippen LogP contribution in [0.5, 0.6) is 5.75 Å². The summed E-state index contributed by atoms with van der Waals surface area (Å²) in [6.45, 7) is 5.46. The predicted octanol–water partition coefficient (Wildman–Crippen LogP) is 5.44. The van der Waals surface area contributed by atoms with E-state index in [0.29, 0.717) is 41.0 Å². The monoisotopic (exact) mass is 578 g/mol. The molecule has 1 aliphatic rings. The zero-order valence-electron chi connectivity index (χ0n) is 24.0. The third kappa shape index (κ3) is 6.73. The fourth-order valence-electron chi connectivity index (χ4n) is 5.95. The fraction of sp³-hybridized carbons (Fsp3) is 0.375. The molecule has 0 heterocycles. The standard InChI is InChI=1S/C32H38N2O6S/c1-21-18-22(2)29(23(3)19-21)41(38,39)34-26-12-8-24(9-13-26)20-28(30(35)36)33-31(37)32(16-6-5-7-17-32)25-10-14-27(40-4)15-11-25/h8-15,18-19,28,34H,5-7,16-17,20H2,1-4H3,(H,33,37)(H,35,36)/t28-/m0/s1. The van der Waals surface area contributed by atoms with Gasteiger partial charge in [-0.3, -0.25) is 9.52 Å². The molecule has 1 atom stereocenters. The van der Waals surface area contributed by atoms with Crippen molar-refractivity contribution >= 4 is 27.6 Å². The van der Waals surface area contributed by atoms with Crippen molar-refractivity contribution in [3.8, 4) is 5.75 Å². The number of carbonyl (C=O) groups is 2. The van der Waals surface area contributed by atoms with Crippen LogP contribution < -0.4 is 14.8 Å². The topological polar surface area (TPSA) is 122 Å². The molecule has 3 N–H and O–H groups in total. The number of amides is 1. The van der Waals surface area contributed by atoms with E-state index in [9.17, 15) is 23.1 Å². The number of sulfonamides is 1. The zero-order valence-corrected chi connectivity index (χ0v) is 24.8. The summed E-state index contributed by atoms with van der Waals surface area (Å²) in [6, 6.07) is 16.5. The van der Waals surface area contributed by atoms with Crippen LogP contribution in [-0.4, -0.2) is 38.6 Å². The quantitative estimate of drug-likeness (QED) is 0.295. The lowest BCUT2D eigenvalue weighted by molar-refractivity contribution is -0.143. The van der Waals surface area contributed by atoms with E-state index in [2.05, 4.69) is 10.0 Å². The highest BCUT2D eigenvalue weighted by Gasteiger charge is 2.42. The van der Waals surface area contributed by atoms with Gasteiger partial charge in [0, 0.05) is 12.1 Å².